The molecule has 2 aromatic carbocycles. The summed E-state index contributed by atoms with van der Waals surface area (Å²) in [5, 5.41) is 7.18. The number of amides is 1. The summed E-state index contributed by atoms with van der Waals surface area (Å²) < 4.78 is 1.31. The van der Waals surface area contributed by atoms with Gasteiger partial charge in [-0.2, -0.15) is 5.10 Å². The third kappa shape index (κ3) is 4.06. The van der Waals surface area contributed by atoms with E-state index in [1.807, 2.05) is 68.4 Å². The highest BCUT2D eigenvalue weighted by atomic mass is 16.2. The Labute approximate surface area is 152 Å². The lowest BCUT2D eigenvalue weighted by molar-refractivity contribution is 0.0932. The van der Waals surface area contributed by atoms with Crippen molar-refractivity contribution in [2.75, 3.05) is 0 Å². The Bertz CT molecular complexity index is 964. The van der Waals surface area contributed by atoms with Gasteiger partial charge in [-0.05, 0) is 36.6 Å². The normalized spacial score (nSPS) is 11.8. The van der Waals surface area contributed by atoms with Gasteiger partial charge in [-0.3, -0.25) is 9.59 Å². The summed E-state index contributed by atoms with van der Waals surface area (Å²) in [7, 11) is 0. The number of carbonyl (C=O) groups excluding carboxylic acids is 1. The standard InChI is InChI=1S/C21H21N3O2/c1-15-8-6-7-11-18(15)16(2)22-21(26)19-12-13-20(25)24(23-19)14-17-9-4-3-5-10-17/h3-13,16H,14H2,1-2H3,(H,22,26)/t16-/m1/s1. The van der Waals surface area contributed by atoms with Crippen molar-refractivity contribution in [2.45, 2.75) is 26.4 Å². The largest absolute Gasteiger partial charge is 0.344 e. The second kappa shape index (κ2) is 7.78. The number of nitrogens with zero attached hydrogens (tertiary/aromatic N) is 2. The van der Waals surface area contributed by atoms with Crippen LogP contribution in [0.4, 0.5) is 0 Å². The topological polar surface area (TPSA) is 64.0 Å². The van der Waals surface area contributed by atoms with Gasteiger partial charge in [-0.1, -0.05) is 54.6 Å². The first kappa shape index (κ1) is 17.6. The number of benzene rings is 2. The molecule has 0 spiro atoms. The molecule has 1 heterocycles. The van der Waals surface area contributed by atoms with Crippen LogP contribution in [0.2, 0.25) is 0 Å². The number of aromatic nitrogens is 2. The Morgan fingerprint density at radius 2 is 1.73 bits per heavy atom. The van der Waals surface area contributed by atoms with Gasteiger partial charge < -0.3 is 5.32 Å². The van der Waals surface area contributed by atoms with E-state index in [0.29, 0.717) is 6.54 Å². The van der Waals surface area contributed by atoms with Crippen LogP contribution in [0.25, 0.3) is 0 Å². The molecule has 5 nitrogen and oxygen atoms in total. The zero-order valence-electron chi connectivity index (χ0n) is 14.8. The molecule has 3 aromatic rings. The van der Waals surface area contributed by atoms with E-state index in [-0.39, 0.29) is 23.2 Å². The third-order valence-corrected chi connectivity index (χ3v) is 4.28. The SMILES string of the molecule is Cc1ccccc1[C@@H](C)NC(=O)c1ccc(=O)n(Cc2ccccc2)n1. The minimum Gasteiger partial charge on any atom is -0.344 e. The summed E-state index contributed by atoms with van der Waals surface area (Å²) in [5.74, 6) is -0.303. The molecule has 26 heavy (non-hydrogen) atoms. The van der Waals surface area contributed by atoms with E-state index >= 15 is 0 Å². The van der Waals surface area contributed by atoms with Gasteiger partial charge in [0.05, 0.1) is 12.6 Å². The van der Waals surface area contributed by atoms with Gasteiger partial charge in [0.25, 0.3) is 11.5 Å². The molecule has 1 aromatic heterocycles. The van der Waals surface area contributed by atoms with Crippen LogP contribution in [0.5, 0.6) is 0 Å². The molecule has 132 valence electrons. The summed E-state index contributed by atoms with van der Waals surface area (Å²) >= 11 is 0. The lowest BCUT2D eigenvalue weighted by Gasteiger charge is -2.16. The molecule has 0 aliphatic carbocycles. The monoisotopic (exact) mass is 347 g/mol. The average Bonchev–Trinajstić information content (AvgIpc) is 2.64. The molecule has 5 heteroatoms. The maximum Gasteiger partial charge on any atom is 0.272 e. The Hall–Kier alpha value is -3.21. The molecule has 1 atom stereocenters. The Kier molecular flexibility index (Phi) is 5.27. The summed E-state index contributed by atoms with van der Waals surface area (Å²) in [5.41, 5.74) is 3.10. The average molecular weight is 347 g/mol. The Morgan fingerprint density at radius 3 is 2.46 bits per heavy atom. The molecular formula is C21H21N3O2. The van der Waals surface area contributed by atoms with Crippen LogP contribution in [0, 0.1) is 6.92 Å². The molecule has 0 aliphatic heterocycles. The van der Waals surface area contributed by atoms with Crippen molar-refractivity contribution >= 4 is 5.91 Å². The molecule has 0 unspecified atom stereocenters. The molecule has 1 N–H and O–H groups in total. The van der Waals surface area contributed by atoms with Gasteiger partial charge in [-0.25, -0.2) is 4.68 Å². The molecule has 3 rings (SSSR count). The highest BCUT2D eigenvalue weighted by molar-refractivity contribution is 5.92. The van der Waals surface area contributed by atoms with Crippen LogP contribution < -0.4 is 10.9 Å². The predicted molar refractivity (Wildman–Crippen MR) is 101 cm³/mol. The fraction of sp³-hybridized carbons (Fsp3) is 0.190. The molecule has 1 amide bonds. The van der Waals surface area contributed by atoms with Gasteiger partial charge in [0, 0.05) is 6.07 Å². The number of hydrogen-bond donors (Lipinski definition) is 1. The van der Waals surface area contributed by atoms with Crippen LogP contribution in [-0.4, -0.2) is 15.7 Å². The molecule has 0 fully saturated rings. The molecule has 0 radical (unpaired) electrons. The first-order valence-corrected chi connectivity index (χ1v) is 8.53. The quantitative estimate of drug-likeness (QED) is 0.771. The lowest BCUT2D eigenvalue weighted by atomic mass is 10.0. The summed E-state index contributed by atoms with van der Waals surface area (Å²) in [6.07, 6.45) is 0. The van der Waals surface area contributed by atoms with Crippen molar-refractivity contribution in [3.63, 3.8) is 0 Å². The minimum atomic E-state index is -0.303. The number of hydrogen-bond acceptors (Lipinski definition) is 3. The fourth-order valence-electron chi connectivity index (χ4n) is 2.86. The highest BCUT2D eigenvalue weighted by Crippen LogP contribution is 2.16. The lowest BCUT2D eigenvalue weighted by Crippen LogP contribution is -2.31. The Balaban J connectivity index is 1.78. The van der Waals surface area contributed by atoms with Crippen LogP contribution in [0.3, 0.4) is 0 Å². The van der Waals surface area contributed by atoms with E-state index in [1.165, 1.54) is 16.8 Å². The van der Waals surface area contributed by atoms with Crippen molar-refractivity contribution in [3.05, 3.63) is 99.5 Å². The maximum atomic E-state index is 12.6. The fourth-order valence-corrected chi connectivity index (χ4v) is 2.86. The van der Waals surface area contributed by atoms with Crippen molar-refractivity contribution in [1.82, 2.24) is 15.1 Å². The smallest absolute Gasteiger partial charge is 0.272 e. The second-order valence-corrected chi connectivity index (χ2v) is 6.25. The maximum absolute atomic E-state index is 12.6. The van der Waals surface area contributed by atoms with E-state index in [1.54, 1.807) is 0 Å². The van der Waals surface area contributed by atoms with Crippen molar-refractivity contribution < 1.29 is 4.79 Å². The van der Waals surface area contributed by atoms with E-state index in [9.17, 15) is 9.59 Å². The van der Waals surface area contributed by atoms with Gasteiger partial charge in [0.2, 0.25) is 0 Å². The summed E-state index contributed by atoms with van der Waals surface area (Å²) in [6, 6.07) is 20.2. The van der Waals surface area contributed by atoms with Crippen LogP contribution in [0.1, 0.15) is 40.1 Å². The number of nitrogens with one attached hydrogen (secondary N) is 1. The summed E-state index contributed by atoms with van der Waals surface area (Å²) in [6.45, 7) is 4.27. The molecular weight excluding hydrogens is 326 g/mol. The van der Waals surface area contributed by atoms with E-state index in [2.05, 4.69) is 10.4 Å². The zero-order chi connectivity index (χ0) is 18.5. The number of carbonyl (C=O) groups is 1. The summed E-state index contributed by atoms with van der Waals surface area (Å²) in [4.78, 5) is 24.6. The zero-order valence-corrected chi connectivity index (χ0v) is 14.8. The van der Waals surface area contributed by atoms with Crippen LogP contribution in [-0.2, 0) is 6.54 Å². The second-order valence-electron chi connectivity index (χ2n) is 6.25. The highest BCUT2D eigenvalue weighted by Gasteiger charge is 2.15. The van der Waals surface area contributed by atoms with E-state index < -0.39 is 0 Å². The molecule has 0 bridgehead atoms. The first-order chi connectivity index (χ1) is 12.5. The van der Waals surface area contributed by atoms with Gasteiger partial charge >= 0.3 is 0 Å². The van der Waals surface area contributed by atoms with Crippen molar-refractivity contribution in [1.29, 1.82) is 0 Å². The van der Waals surface area contributed by atoms with Gasteiger partial charge in [0.1, 0.15) is 5.69 Å². The first-order valence-electron chi connectivity index (χ1n) is 8.53. The van der Waals surface area contributed by atoms with Crippen LogP contribution >= 0.6 is 0 Å². The van der Waals surface area contributed by atoms with Crippen molar-refractivity contribution in [3.8, 4) is 0 Å². The third-order valence-electron chi connectivity index (χ3n) is 4.28. The van der Waals surface area contributed by atoms with Gasteiger partial charge in [-0.15, -0.1) is 0 Å². The van der Waals surface area contributed by atoms with Crippen molar-refractivity contribution in [2.24, 2.45) is 0 Å². The molecule has 0 saturated carbocycles. The number of aryl methyl sites for hydroxylation is 1. The predicted octanol–water partition coefficient (Wildman–Crippen LogP) is 3.09. The Morgan fingerprint density at radius 1 is 1.04 bits per heavy atom. The number of rotatable bonds is 5. The van der Waals surface area contributed by atoms with E-state index in [0.717, 1.165) is 16.7 Å². The minimum absolute atomic E-state index is 0.153. The van der Waals surface area contributed by atoms with Crippen LogP contribution in [0.15, 0.2) is 71.5 Å². The molecule has 0 aliphatic rings. The van der Waals surface area contributed by atoms with Gasteiger partial charge in [0.15, 0.2) is 0 Å². The van der Waals surface area contributed by atoms with E-state index in [4.69, 9.17) is 0 Å². The molecule has 0 saturated heterocycles.